The second-order valence-corrected chi connectivity index (χ2v) is 3.47. The summed E-state index contributed by atoms with van der Waals surface area (Å²) in [5.74, 6) is -0.833. The molecule has 0 aliphatic rings. The monoisotopic (exact) mass is 235 g/mol. The molecule has 0 aliphatic carbocycles. The van der Waals surface area contributed by atoms with E-state index in [1.807, 2.05) is 12.1 Å². The van der Waals surface area contributed by atoms with Crippen LogP contribution in [0.4, 0.5) is 15.8 Å². The summed E-state index contributed by atoms with van der Waals surface area (Å²) in [4.78, 5) is 12.8. The molecule has 5 nitrogen and oxygen atoms in total. The summed E-state index contributed by atoms with van der Waals surface area (Å²) in [5, 5.41) is 13.5. The van der Waals surface area contributed by atoms with E-state index in [4.69, 9.17) is 0 Å². The second-order valence-electron chi connectivity index (χ2n) is 3.47. The van der Waals surface area contributed by atoms with Gasteiger partial charge in [0.15, 0.2) is 0 Å². The van der Waals surface area contributed by atoms with Crippen molar-refractivity contribution in [3.05, 3.63) is 58.2 Å². The molecule has 1 aromatic heterocycles. The highest BCUT2D eigenvalue weighted by atomic mass is 19.1. The largest absolute Gasteiger partial charge is 0.379 e. The number of rotatable bonds is 4. The molecule has 0 bridgehead atoms. The lowest BCUT2D eigenvalue weighted by atomic mass is 10.2. The number of halogens is 1. The van der Waals surface area contributed by atoms with Crippen LogP contribution in [0.1, 0.15) is 5.69 Å². The van der Waals surface area contributed by atoms with Crippen molar-refractivity contribution in [3.63, 3.8) is 0 Å². The van der Waals surface area contributed by atoms with Crippen LogP contribution in [0.15, 0.2) is 36.5 Å². The summed E-state index contributed by atoms with van der Waals surface area (Å²) >= 11 is 0. The number of nitro groups is 1. The van der Waals surface area contributed by atoms with Crippen LogP contribution >= 0.6 is 0 Å². The Morgan fingerprint density at radius 1 is 1.41 bits per heavy atom. The van der Waals surface area contributed by atoms with Crippen LogP contribution in [-0.4, -0.2) is 9.91 Å². The SMILES string of the molecule is O=[N+]([O-])c1cc(NCc2ccc[nH]2)ccc1F. The molecule has 0 radical (unpaired) electrons. The predicted molar refractivity (Wildman–Crippen MR) is 61.2 cm³/mol. The van der Waals surface area contributed by atoms with Crippen LogP contribution in [0.25, 0.3) is 0 Å². The molecule has 1 aromatic carbocycles. The van der Waals surface area contributed by atoms with Gasteiger partial charge in [0.1, 0.15) is 0 Å². The fourth-order valence-corrected chi connectivity index (χ4v) is 1.44. The molecule has 17 heavy (non-hydrogen) atoms. The predicted octanol–water partition coefficient (Wildman–Crippen LogP) is 2.67. The van der Waals surface area contributed by atoms with E-state index in [0.29, 0.717) is 12.2 Å². The first-order valence-electron chi connectivity index (χ1n) is 4.97. The summed E-state index contributed by atoms with van der Waals surface area (Å²) in [6, 6.07) is 7.45. The fourth-order valence-electron chi connectivity index (χ4n) is 1.44. The average molecular weight is 235 g/mol. The van der Waals surface area contributed by atoms with Crippen molar-refractivity contribution in [1.29, 1.82) is 0 Å². The number of benzene rings is 1. The van der Waals surface area contributed by atoms with E-state index in [2.05, 4.69) is 10.3 Å². The molecule has 0 saturated carbocycles. The third kappa shape index (κ3) is 2.60. The molecule has 0 unspecified atom stereocenters. The number of hydrogen-bond donors (Lipinski definition) is 2. The Kier molecular flexibility index (Phi) is 3.04. The van der Waals surface area contributed by atoms with Crippen molar-refractivity contribution in [2.45, 2.75) is 6.54 Å². The molecule has 0 fully saturated rings. The summed E-state index contributed by atoms with van der Waals surface area (Å²) in [6.45, 7) is 0.496. The third-order valence-corrected chi connectivity index (χ3v) is 2.29. The normalized spacial score (nSPS) is 10.2. The van der Waals surface area contributed by atoms with Gasteiger partial charge in [-0.05, 0) is 24.3 Å². The van der Waals surface area contributed by atoms with E-state index in [0.717, 1.165) is 11.8 Å². The smallest absolute Gasteiger partial charge is 0.306 e. The first kappa shape index (κ1) is 11.1. The van der Waals surface area contributed by atoms with Gasteiger partial charge in [-0.25, -0.2) is 0 Å². The minimum Gasteiger partial charge on any atom is -0.379 e. The van der Waals surface area contributed by atoms with Crippen molar-refractivity contribution in [2.75, 3.05) is 5.32 Å². The van der Waals surface area contributed by atoms with Gasteiger partial charge in [0, 0.05) is 23.6 Å². The second kappa shape index (κ2) is 4.65. The van der Waals surface area contributed by atoms with Crippen LogP contribution in [0.2, 0.25) is 0 Å². The zero-order chi connectivity index (χ0) is 12.3. The molecule has 0 atom stereocenters. The number of nitro benzene ring substituents is 1. The van der Waals surface area contributed by atoms with Gasteiger partial charge in [-0.15, -0.1) is 0 Å². The highest BCUT2D eigenvalue weighted by Gasteiger charge is 2.13. The van der Waals surface area contributed by atoms with Gasteiger partial charge in [0.2, 0.25) is 5.82 Å². The number of H-pyrrole nitrogens is 1. The number of nitrogens with one attached hydrogen (secondary N) is 2. The first-order valence-corrected chi connectivity index (χ1v) is 4.97. The van der Waals surface area contributed by atoms with Crippen molar-refractivity contribution in [1.82, 2.24) is 4.98 Å². The van der Waals surface area contributed by atoms with Crippen LogP contribution in [-0.2, 0) is 6.54 Å². The Hall–Kier alpha value is -2.37. The van der Waals surface area contributed by atoms with Gasteiger partial charge >= 0.3 is 5.69 Å². The fraction of sp³-hybridized carbons (Fsp3) is 0.0909. The van der Waals surface area contributed by atoms with E-state index < -0.39 is 16.4 Å². The summed E-state index contributed by atoms with van der Waals surface area (Å²) in [7, 11) is 0. The highest BCUT2D eigenvalue weighted by molar-refractivity contribution is 5.51. The van der Waals surface area contributed by atoms with E-state index in [-0.39, 0.29) is 0 Å². The number of aromatic nitrogens is 1. The molecule has 88 valence electrons. The van der Waals surface area contributed by atoms with Crippen LogP contribution in [0, 0.1) is 15.9 Å². The van der Waals surface area contributed by atoms with Gasteiger partial charge in [-0.1, -0.05) is 0 Å². The molecule has 0 amide bonds. The van der Waals surface area contributed by atoms with Gasteiger partial charge in [0.25, 0.3) is 0 Å². The molecule has 2 aromatic rings. The van der Waals surface area contributed by atoms with E-state index in [1.165, 1.54) is 12.1 Å². The molecule has 0 spiro atoms. The van der Waals surface area contributed by atoms with Crippen LogP contribution in [0.3, 0.4) is 0 Å². The molecule has 0 aliphatic heterocycles. The van der Waals surface area contributed by atoms with Crippen molar-refractivity contribution in [2.24, 2.45) is 0 Å². The lowest BCUT2D eigenvalue weighted by Crippen LogP contribution is -2.01. The molecule has 2 rings (SSSR count). The van der Waals surface area contributed by atoms with Crippen molar-refractivity contribution >= 4 is 11.4 Å². The Bertz CT molecular complexity index is 526. The maximum Gasteiger partial charge on any atom is 0.306 e. The first-order chi connectivity index (χ1) is 8.16. The topological polar surface area (TPSA) is 71.0 Å². The molecular weight excluding hydrogens is 225 g/mol. The maximum absolute atomic E-state index is 13.1. The Balaban J connectivity index is 2.11. The number of aromatic amines is 1. The molecule has 2 N–H and O–H groups in total. The number of anilines is 1. The van der Waals surface area contributed by atoms with E-state index >= 15 is 0 Å². The Labute approximate surface area is 96.4 Å². The molecule has 6 heteroatoms. The third-order valence-electron chi connectivity index (χ3n) is 2.29. The molecular formula is C11H10FN3O2. The van der Waals surface area contributed by atoms with Crippen molar-refractivity contribution < 1.29 is 9.31 Å². The standard InChI is InChI=1S/C11H10FN3O2/c12-10-4-3-8(6-11(10)15(16)17)14-7-9-2-1-5-13-9/h1-6,13-14H,7H2. The zero-order valence-corrected chi connectivity index (χ0v) is 8.81. The van der Waals surface area contributed by atoms with Gasteiger partial charge in [-0.2, -0.15) is 4.39 Å². The quantitative estimate of drug-likeness (QED) is 0.632. The minimum atomic E-state index is -0.833. The summed E-state index contributed by atoms with van der Waals surface area (Å²) in [5.41, 5.74) is 0.922. The lowest BCUT2D eigenvalue weighted by Gasteiger charge is -2.05. The zero-order valence-electron chi connectivity index (χ0n) is 8.81. The highest BCUT2D eigenvalue weighted by Crippen LogP contribution is 2.21. The summed E-state index contributed by atoms with van der Waals surface area (Å²) < 4.78 is 13.1. The van der Waals surface area contributed by atoms with E-state index in [9.17, 15) is 14.5 Å². The average Bonchev–Trinajstić information content (AvgIpc) is 2.80. The van der Waals surface area contributed by atoms with Gasteiger partial charge < -0.3 is 10.3 Å². The van der Waals surface area contributed by atoms with E-state index in [1.54, 1.807) is 6.20 Å². The summed E-state index contributed by atoms with van der Waals surface area (Å²) in [6.07, 6.45) is 1.78. The molecule has 1 heterocycles. The van der Waals surface area contributed by atoms with Gasteiger partial charge in [0.05, 0.1) is 11.5 Å². The number of nitrogens with zero attached hydrogens (tertiary/aromatic N) is 1. The Morgan fingerprint density at radius 3 is 2.88 bits per heavy atom. The van der Waals surface area contributed by atoms with Crippen LogP contribution < -0.4 is 5.32 Å². The lowest BCUT2D eigenvalue weighted by molar-refractivity contribution is -0.387. The maximum atomic E-state index is 13.1. The van der Waals surface area contributed by atoms with Crippen LogP contribution in [0.5, 0.6) is 0 Å². The number of hydrogen-bond acceptors (Lipinski definition) is 3. The Morgan fingerprint density at radius 2 is 2.24 bits per heavy atom. The minimum absolute atomic E-state index is 0.496. The van der Waals surface area contributed by atoms with Gasteiger partial charge in [-0.3, -0.25) is 10.1 Å². The molecule has 0 saturated heterocycles. The van der Waals surface area contributed by atoms with Crippen molar-refractivity contribution in [3.8, 4) is 0 Å².